The maximum atomic E-state index is 5.53. The van der Waals surface area contributed by atoms with Crippen molar-refractivity contribution < 1.29 is 6.63 Å². The summed E-state index contributed by atoms with van der Waals surface area (Å²) in [5, 5.41) is 1.09. The Morgan fingerprint density at radius 1 is 1.27 bits per heavy atom. The molecule has 15 heavy (non-hydrogen) atoms. The number of hydrogen-bond acceptors (Lipinski definition) is 3. The van der Waals surface area contributed by atoms with Crippen molar-refractivity contribution in [3.8, 4) is 5.75 Å². The first kappa shape index (κ1) is 11.0. The van der Waals surface area contributed by atoms with Crippen molar-refractivity contribution in [2.24, 2.45) is 0 Å². The number of aromatic nitrogens is 1. The van der Waals surface area contributed by atoms with E-state index >= 15 is 0 Å². The van der Waals surface area contributed by atoms with Crippen LogP contribution in [-0.2, 0) is 2.84 Å². The summed E-state index contributed by atoms with van der Waals surface area (Å²) in [4.78, 5) is 4.46. The first-order valence-corrected chi connectivity index (χ1v) is 6.09. The van der Waals surface area contributed by atoms with Gasteiger partial charge in [0.2, 0.25) is 0 Å². The van der Waals surface area contributed by atoms with Crippen molar-refractivity contribution in [2.45, 2.75) is 6.92 Å². The fourth-order valence-electron chi connectivity index (χ4n) is 1.40. The third kappa shape index (κ3) is 2.52. The number of hydrogen-bond donors (Lipinski definition) is 0. The van der Waals surface area contributed by atoms with Crippen LogP contribution >= 0.6 is 0 Å². The quantitative estimate of drug-likeness (QED) is 0.743. The molecule has 0 aliphatic carbocycles. The van der Waals surface area contributed by atoms with Gasteiger partial charge in [-0.05, 0) is 19.1 Å². The van der Waals surface area contributed by atoms with Gasteiger partial charge in [0.1, 0.15) is 11.3 Å². The standard InChI is InChI=1S/C10H9NO.2Al.O.H/c1-7-5-6-8-3-2-4-9(12)10(8)11-7;;;;/h2-6,12H,1H3;;;;/q;;+1;;/p-1. The van der Waals surface area contributed by atoms with Crippen LogP contribution in [0.4, 0.5) is 0 Å². The minimum atomic E-state index is -0.440. The molecule has 0 amide bonds. The third-order valence-electron chi connectivity index (χ3n) is 2.07. The van der Waals surface area contributed by atoms with E-state index in [2.05, 4.69) is 11.1 Å². The Balaban J connectivity index is 2.48. The number of benzene rings is 1. The van der Waals surface area contributed by atoms with E-state index in [0.29, 0.717) is 0 Å². The molecule has 0 aliphatic heterocycles. The van der Waals surface area contributed by atoms with Gasteiger partial charge in [0.25, 0.3) is 0 Å². The van der Waals surface area contributed by atoms with Crippen LogP contribution in [0.15, 0.2) is 30.3 Å². The van der Waals surface area contributed by atoms with E-state index in [1.165, 1.54) is 16.6 Å². The highest BCUT2D eigenvalue weighted by Gasteiger charge is 2.04. The molecule has 1 heterocycles. The number of para-hydroxylation sites is 1. The molecular formula is C10H9Al2NO2. The lowest BCUT2D eigenvalue weighted by Crippen LogP contribution is -2.05. The smallest absolute Gasteiger partial charge is 0.626 e. The Morgan fingerprint density at radius 3 is 2.93 bits per heavy atom. The number of aryl methyl sites for hydroxylation is 1. The van der Waals surface area contributed by atoms with Crippen LogP contribution in [0.3, 0.4) is 0 Å². The number of pyridine rings is 1. The molecule has 1 aromatic carbocycles. The van der Waals surface area contributed by atoms with Crippen LogP contribution in [0.2, 0.25) is 0 Å². The van der Waals surface area contributed by atoms with E-state index in [1.807, 2.05) is 31.2 Å². The van der Waals surface area contributed by atoms with Crippen LogP contribution in [-0.4, -0.2) is 37.5 Å². The summed E-state index contributed by atoms with van der Waals surface area (Å²) in [7, 11) is 0. The normalized spacial score (nSPS) is 10.2. The Labute approximate surface area is 104 Å². The van der Waals surface area contributed by atoms with Crippen LogP contribution < -0.4 is 3.79 Å². The molecule has 0 N–H and O–H groups in total. The molecule has 0 spiro atoms. The van der Waals surface area contributed by atoms with Gasteiger partial charge in [-0.1, -0.05) is 18.2 Å². The first-order valence-electron chi connectivity index (χ1n) is 4.57. The lowest BCUT2D eigenvalue weighted by atomic mass is 10.2. The number of fused-ring (bicyclic) bond motifs is 1. The van der Waals surface area contributed by atoms with Crippen molar-refractivity contribution in [3.63, 3.8) is 0 Å². The molecule has 3 nitrogen and oxygen atoms in total. The van der Waals surface area contributed by atoms with Crippen LogP contribution in [0.1, 0.15) is 5.69 Å². The summed E-state index contributed by atoms with van der Waals surface area (Å²) >= 11 is 1.01. The molecule has 0 fully saturated rings. The van der Waals surface area contributed by atoms with Gasteiger partial charge in [-0.2, -0.15) is 0 Å². The minimum Gasteiger partial charge on any atom is -0.626 e. The van der Waals surface area contributed by atoms with E-state index < -0.39 is 15.9 Å². The van der Waals surface area contributed by atoms with Crippen molar-refractivity contribution in [3.05, 3.63) is 36.0 Å². The summed E-state index contributed by atoms with van der Waals surface area (Å²) < 4.78 is 10.5. The monoisotopic (exact) mass is 229 g/mol. The van der Waals surface area contributed by atoms with Crippen LogP contribution in [0.5, 0.6) is 5.75 Å². The molecule has 2 aromatic rings. The third-order valence-corrected chi connectivity index (χ3v) is 2.96. The second kappa shape index (κ2) is 4.99. The van der Waals surface area contributed by atoms with E-state index in [-0.39, 0.29) is 0 Å². The van der Waals surface area contributed by atoms with Gasteiger partial charge in [-0.15, -0.1) is 0 Å². The van der Waals surface area contributed by atoms with Crippen molar-refractivity contribution in [1.29, 1.82) is 0 Å². The fourth-order valence-corrected chi connectivity index (χ4v) is 1.96. The number of nitrogens with zero attached hydrogens (tertiary/aromatic N) is 1. The second-order valence-electron chi connectivity index (χ2n) is 3.16. The lowest BCUT2D eigenvalue weighted by Gasteiger charge is -2.08. The van der Waals surface area contributed by atoms with Crippen LogP contribution in [0.25, 0.3) is 10.9 Å². The second-order valence-corrected chi connectivity index (χ2v) is 4.92. The van der Waals surface area contributed by atoms with Gasteiger partial charge in [0, 0.05) is 11.1 Å². The van der Waals surface area contributed by atoms with Crippen LogP contribution in [0, 0.1) is 6.92 Å². The van der Waals surface area contributed by atoms with Crippen molar-refractivity contribution in [2.75, 3.05) is 0 Å². The predicted octanol–water partition coefficient (Wildman–Crippen LogP) is 1.29. The summed E-state index contributed by atoms with van der Waals surface area (Å²) in [5.41, 5.74) is 1.90. The molecule has 2 radical (unpaired) electrons. The zero-order valence-electron chi connectivity index (χ0n) is 8.43. The maximum absolute atomic E-state index is 5.53. The summed E-state index contributed by atoms with van der Waals surface area (Å²) in [6.07, 6.45) is 0. The Morgan fingerprint density at radius 2 is 2.13 bits per heavy atom. The first-order chi connectivity index (χ1) is 7.31. The van der Waals surface area contributed by atoms with Gasteiger partial charge < -0.3 is 6.63 Å². The molecule has 0 saturated heterocycles. The Kier molecular flexibility index (Phi) is 3.64. The predicted molar refractivity (Wildman–Crippen MR) is 61.1 cm³/mol. The van der Waals surface area contributed by atoms with E-state index in [4.69, 9.17) is 6.63 Å². The minimum absolute atomic E-state index is 0.440. The molecule has 72 valence electrons. The summed E-state index contributed by atoms with van der Waals surface area (Å²) in [6.45, 7) is 1.97. The summed E-state index contributed by atoms with van der Waals surface area (Å²) in [5.74, 6) is 0.804. The molecule has 1 aromatic heterocycles. The van der Waals surface area contributed by atoms with Gasteiger partial charge in [0.15, 0.2) is 0 Å². The maximum Gasteiger partial charge on any atom is 0.741 e. The summed E-state index contributed by atoms with van der Waals surface area (Å²) in [6, 6.07) is 9.96. The highest BCUT2D eigenvalue weighted by atomic mass is 27.2. The van der Waals surface area contributed by atoms with E-state index in [1.54, 1.807) is 0 Å². The molecule has 2 rings (SSSR count). The molecule has 0 unspecified atom stereocenters. The Hall–Kier alpha value is -0.545. The van der Waals surface area contributed by atoms with Gasteiger partial charge in [0.05, 0.1) is 0 Å². The Bertz CT molecular complexity index is 476. The fraction of sp³-hybridized carbons (Fsp3) is 0.100. The van der Waals surface area contributed by atoms with Gasteiger partial charge in [-0.25, -0.2) is 4.98 Å². The van der Waals surface area contributed by atoms with E-state index in [9.17, 15) is 0 Å². The number of rotatable bonds is 3. The average molecular weight is 229 g/mol. The molecular weight excluding hydrogens is 220 g/mol. The van der Waals surface area contributed by atoms with E-state index in [0.717, 1.165) is 22.3 Å². The van der Waals surface area contributed by atoms with Crippen molar-refractivity contribution >= 4 is 43.4 Å². The van der Waals surface area contributed by atoms with Crippen molar-refractivity contribution in [1.82, 2.24) is 4.98 Å². The lowest BCUT2D eigenvalue weighted by molar-refractivity contribution is 0.485. The molecule has 0 aliphatic rings. The topological polar surface area (TPSA) is 31.4 Å². The highest BCUT2D eigenvalue weighted by Crippen LogP contribution is 2.23. The highest BCUT2D eigenvalue weighted by molar-refractivity contribution is 6.28. The zero-order chi connectivity index (χ0) is 10.7. The average Bonchev–Trinajstić information content (AvgIpc) is 2.26. The van der Waals surface area contributed by atoms with Gasteiger partial charge in [-0.3, -0.25) is 0 Å². The SMILES string of the molecule is Cc1ccc2cccc([O][Al][O][AlH])c2n1. The largest absolute Gasteiger partial charge is 0.741 e. The molecule has 0 atom stereocenters. The molecule has 5 heteroatoms. The zero-order valence-corrected chi connectivity index (χ0v) is 11.0. The van der Waals surface area contributed by atoms with Gasteiger partial charge >= 0.3 is 32.5 Å². The molecule has 0 saturated carbocycles. The molecule has 0 bridgehead atoms.